The molecule has 69 heavy (non-hydrogen) atoms. The molecule has 3 heterocycles. The first-order valence-electron chi connectivity index (χ1n) is 25.7. The van der Waals surface area contributed by atoms with E-state index in [-0.39, 0.29) is 79.5 Å². The second kappa shape index (κ2) is 24.3. The zero-order chi connectivity index (χ0) is 50.2. The second-order valence-corrected chi connectivity index (χ2v) is 21.3. The van der Waals surface area contributed by atoms with Gasteiger partial charge in [-0.15, -0.1) is 13.2 Å². The van der Waals surface area contributed by atoms with Crippen molar-refractivity contribution < 1.29 is 48.3 Å². The maximum absolute atomic E-state index is 14.9. The Kier molecular flexibility index (Phi) is 19.1. The van der Waals surface area contributed by atoms with Crippen molar-refractivity contribution >= 4 is 34.2 Å². The summed E-state index contributed by atoms with van der Waals surface area (Å²) in [6, 6.07) is 7.33. The van der Waals surface area contributed by atoms with Crippen molar-refractivity contribution in [2.24, 2.45) is 41.4 Å². The van der Waals surface area contributed by atoms with Gasteiger partial charge in [0.2, 0.25) is 0 Å². The van der Waals surface area contributed by atoms with Gasteiger partial charge in [0.15, 0.2) is 5.78 Å². The van der Waals surface area contributed by atoms with Crippen molar-refractivity contribution in [3.8, 4) is 5.75 Å². The minimum absolute atomic E-state index is 0.00131. The topological polar surface area (TPSA) is 154 Å². The lowest BCUT2D eigenvalue weighted by molar-refractivity contribution is -0.176. The lowest BCUT2D eigenvalue weighted by Gasteiger charge is -2.47. The highest BCUT2D eigenvalue weighted by atomic mass is 16.5. The number of amides is 1. The van der Waals surface area contributed by atoms with Crippen LogP contribution < -0.4 is 4.74 Å². The minimum Gasteiger partial charge on any atom is -0.488 e. The number of nitrogens with zero attached hydrogens (tertiary/aromatic N) is 2. The molecular weight excluding hydrogens is 873 g/mol. The molecule has 2 bridgehead atoms. The first-order valence-corrected chi connectivity index (χ1v) is 25.7. The third-order valence-corrected chi connectivity index (χ3v) is 16.4. The Morgan fingerprint density at radius 3 is 2.28 bits per heavy atom. The summed E-state index contributed by atoms with van der Waals surface area (Å²) in [4.78, 5) is 59.6. The van der Waals surface area contributed by atoms with E-state index in [2.05, 4.69) is 48.9 Å². The van der Waals surface area contributed by atoms with Gasteiger partial charge in [-0.3, -0.25) is 19.2 Å². The van der Waals surface area contributed by atoms with Crippen molar-refractivity contribution in [3.63, 3.8) is 0 Å². The summed E-state index contributed by atoms with van der Waals surface area (Å²) in [5.74, 6) is -3.49. The number of methoxy groups -OCH3 is 3. The van der Waals surface area contributed by atoms with Crippen LogP contribution in [0.15, 0.2) is 79.1 Å². The van der Waals surface area contributed by atoms with Gasteiger partial charge in [-0.2, -0.15) is 0 Å². The second-order valence-electron chi connectivity index (χ2n) is 21.3. The van der Waals surface area contributed by atoms with Gasteiger partial charge in [0.1, 0.15) is 23.2 Å². The van der Waals surface area contributed by atoms with Gasteiger partial charge in [0, 0.05) is 76.2 Å². The van der Waals surface area contributed by atoms with Gasteiger partial charge in [-0.05, 0) is 138 Å². The van der Waals surface area contributed by atoms with Crippen molar-refractivity contribution in [3.05, 3.63) is 79.1 Å². The molecule has 2 aromatic rings. The van der Waals surface area contributed by atoms with Crippen LogP contribution in [0, 0.1) is 41.4 Å². The molecule has 2 aliphatic carbocycles. The molecule has 0 spiro atoms. The molecule has 4 aliphatic rings. The van der Waals surface area contributed by atoms with E-state index in [9.17, 15) is 29.4 Å². The molecule has 14 unspecified atom stereocenters. The maximum atomic E-state index is 14.9. The molecule has 6 rings (SSSR count). The predicted molar refractivity (Wildman–Crippen MR) is 270 cm³/mol. The van der Waals surface area contributed by atoms with Gasteiger partial charge in [-0.25, -0.2) is 0 Å². The third kappa shape index (κ3) is 12.6. The zero-order valence-electron chi connectivity index (χ0n) is 42.8. The lowest BCUT2D eigenvalue weighted by Crippen LogP contribution is -2.61. The third-order valence-electron chi connectivity index (χ3n) is 16.4. The fraction of sp³-hybridized carbons (Fsp3) is 0.649. The molecule has 1 aromatic heterocycles. The summed E-state index contributed by atoms with van der Waals surface area (Å²) >= 11 is 0. The van der Waals surface area contributed by atoms with Crippen LogP contribution in [-0.4, -0.2) is 113 Å². The number of allylic oxidation sites excluding steroid dienone is 6. The molecule has 2 saturated carbocycles. The van der Waals surface area contributed by atoms with Crippen molar-refractivity contribution in [2.75, 3.05) is 27.9 Å². The average molecular weight is 955 g/mol. The number of aliphatic hydroxyl groups is 2. The highest BCUT2D eigenvalue weighted by Gasteiger charge is 2.55. The first-order chi connectivity index (χ1) is 33.0. The van der Waals surface area contributed by atoms with E-state index >= 15 is 0 Å². The number of piperidine rings is 1. The van der Waals surface area contributed by atoms with Crippen LogP contribution >= 0.6 is 0 Å². The van der Waals surface area contributed by atoms with Crippen LogP contribution in [0.3, 0.4) is 0 Å². The van der Waals surface area contributed by atoms with Crippen molar-refractivity contribution in [1.82, 2.24) is 9.47 Å². The number of ketones is 3. The molecule has 12 heteroatoms. The Hall–Kier alpha value is -4.20. The number of hydrogen-bond acceptors (Lipinski definition) is 10. The predicted octanol–water partition coefficient (Wildman–Crippen LogP) is 9.19. The number of benzene rings is 1. The Morgan fingerprint density at radius 2 is 1.58 bits per heavy atom. The summed E-state index contributed by atoms with van der Waals surface area (Å²) in [6.07, 6.45) is 13.6. The molecule has 0 radical (unpaired) electrons. The number of hydrogen-bond donors (Lipinski definition) is 2. The first kappa shape index (κ1) is 54.1. The molecule has 2 aliphatic heterocycles. The number of Topliss-reactive ketones (excluding diaryl/α,β-unsaturated/α-hetero) is 3. The van der Waals surface area contributed by atoms with E-state index in [1.54, 1.807) is 34.3 Å². The van der Waals surface area contributed by atoms with Crippen molar-refractivity contribution in [2.45, 2.75) is 167 Å². The van der Waals surface area contributed by atoms with E-state index < -0.39 is 53.1 Å². The van der Waals surface area contributed by atoms with Gasteiger partial charge >= 0.3 is 0 Å². The van der Waals surface area contributed by atoms with Crippen molar-refractivity contribution in [1.29, 1.82) is 0 Å². The number of fused-ring (bicyclic) bond motifs is 4. The highest BCUT2D eigenvalue weighted by Crippen LogP contribution is 2.44. The normalized spacial score (nSPS) is 36.0. The number of aromatic nitrogens is 1. The summed E-state index contributed by atoms with van der Waals surface area (Å²) in [6.45, 7) is 18.6. The molecule has 1 aromatic carbocycles. The van der Waals surface area contributed by atoms with Gasteiger partial charge in [0.05, 0.1) is 30.5 Å². The largest absolute Gasteiger partial charge is 0.488 e. The van der Waals surface area contributed by atoms with Gasteiger partial charge < -0.3 is 38.6 Å². The Morgan fingerprint density at radius 1 is 0.855 bits per heavy atom. The van der Waals surface area contributed by atoms with Crippen LogP contribution in [0.1, 0.15) is 118 Å². The van der Waals surface area contributed by atoms with E-state index in [1.807, 2.05) is 45.2 Å². The quantitative estimate of drug-likeness (QED) is 0.165. The van der Waals surface area contributed by atoms with Crippen LogP contribution in [0.4, 0.5) is 0 Å². The summed E-state index contributed by atoms with van der Waals surface area (Å²) in [5, 5.41) is 25.5. The maximum Gasteiger partial charge on any atom is 0.293 e. The lowest BCUT2D eigenvalue weighted by atomic mass is 9.65. The van der Waals surface area contributed by atoms with Crippen LogP contribution in [0.5, 0.6) is 5.75 Å². The van der Waals surface area contributed by atoms with E-state index in [0.29, 0.717) is 51.4 Å². The molecule has 380 valence electrons. The number of rotatable bonds is 11. The standard InChI is InChI=1S/C57H82N2O10/c1-11-15-42-26-35(3)25-36(4)27-52(66-8)45-34-57(65,38(6)29-53(45)67-9)55(63)56(64)59-23-14-13-16-47(59)50(62)32-44(39(7)48(60)33-49(42)61)37(5)28-40-17-20-51(54(30-40)68-10)69-43-18-19-46-41(31-43)21-24-58(46)22-12-2/h11-12,18-19,21,24,26,28,31,36,38-40,42,44-45,47-48,51-54,60,65H,1-2,13-17,20,22-23,25,27,29-30,32-34H2,3-10H3/b35-26+,37-28?. The minimum atomic E-state index is -1.98. The average Bonchev–Trinajstić information content (AvgIpc) is 3.73. The molecule has 1 amide bonds. The van der Waals surface area contributed by atoms with Gasteiger partial charge in [-0.1, -0.05) is 56.2 Å². The number of carbonyl (C=O) groups excluding carboxylic acids is 4. The fourth-order valence-electron chi connectivity index (χ4n) is 12.4. The molecule has 14 atom stereocenters. The number of aliphatic hydroxyl groups excluding tert-OH is 1. The molecule has 3 fully saturated rings. The van der Waals surface area contributed by atoms with E-state index in [1.165, 1.54) is 4.90 Å². The smallest absolute Gasteiger partial charge is 0.293 e. The summed E-state index contributed by atoms with van der Waals surface area (Å²) in [7, 11) is 4.96. The Bertz CT molecular complexity index is 2190. The molecule has 12 nitrogen and oxygen atoms in total. The number of ether oxygens (including phenoxy) is 4. The van der Waals surface area contributed by atoms with Crippen LogP contribution in [-0.2, 0) is 39.9 Å². The molecule has 2 N–H and O–H groups in total. The Labute approximate surface area is 411 Å². The molecular formula is C57H82N2O10. The SMILES string of the molecule is C=CCC1/C=C(\C)CC(C)CC(OC)C2CC(O)(C(=O)C(=O)N3CCCCC3C(=O)CC(C(C)=CC3CCC(Oc4ccc5c(ccn5CC=C)c4)C(OC)C3)C(C)C(O)CC1=O)C(C)CC2OC. The van der Waals surface area contributed by atoms with Crippen LogP contribution in [0.2, 0.25) is 0 Å². The summed E-state index contributed by atoms with van der Waals surface area (Å²) in [5.41, 5.74) is 1.07. The van der Waals surface area contributed by atoms with E-state index in [0.717, 1.165) is 47.2 Å². The van der Waals surface area contributed by atoms with E-state index in [4.69, 9.17) is 18.9 Å². The number of carbonyl (C=O) groups is 4. The zero-order valence-corrected chi connectivity index (χ0v) is 42.8. The monoisotopic (exact) mass is 955 g/mol. The fourth-order valence-corrected chi connectivity index (χ4v) is 12.4. The highest BCUT2D eigenvalue weighted by molar-refractivity contribution is 6.39. The van der Waals surface area contributed by atoms with Gasteiger partial charge in [0.25, 0.3) is 11.7 Å². The Balaban J connectivity index is 1.30. The van der Waals surface area contributed by atoms with Crippen LogP contribution in [0.25, 0.3) is 10.9 Å². The molecule has 1 saturated heterocycles. The summed E-state index contributed by atoms with van der Waals surface area (Å²) < 4.78 is 26.9.